The van der Waals surface area contributed by atoms with Crippen molar-refractivity contribution in [3.05, 3.63) is 183 Å². The van der Waals surface area contributed by atoms with E-state index < -0.39 is 28.2 Å². The molecule has 0 spiro atoms. The molecule has 2 amide bonds. The molecular weight excluding hydrogens is 1010 g/mol. The molecule has 1 unspecified atom stereocenters. The molecule has 1 saturated heterocycles. The summed E-state index contributed by atoms with van der Waals surface area (Å²) in [5, 5.41) is 12.1. The second-order valence-electron chi connectivity index (χ2n) is 14.7. The minimum atomic E-state index is -0.863. The highest BCUT2D eigenvalue weighted by molar-refractivity contribution is 14.1. The quantitative estimate of drug-likeness (QED) is 0.0182. The van der Waals surface area contributed by atoms with Gasteiger partial charge in [0.15, 0.2) is 15.2 Å². The summed E-state index contributed by atoms with van der Waals surface area (Å²) in [6, 6.07) is 43.8. The first-order valence-electron chi connectivity index (χ1n) is 20.3. The van der Waals surface area contributed by atoms with Crippen molar-refractivity contribution in [3.63, 3.8) is 0 Å². The molecule has 328 valence electrons. The Bertz CT molecular complexity index is 2820. The maximum atomic E-state index is 14.6. The normalized spacial score (nSPS) is 16.1. The van der Waals surface area contributed by atoms with Gasteiger partial charge < -0.3 is 24.9 Å². The third-order valence-corrected chi connectivity index (χ3v) is 16.1. The van der Waals surface area contributed by atoms with Gasteiger partial charge in [-0.2, -0.15) is 0 Å². The molecule has 12 nitrogen and oxygen atoms in total. The summed E-state index contributed by atoms with van der Waals surface area (Å²) >= 11 is 7.68. The minimum Gasteiger partial charge on any atom is -0.497 e. The maximum Gasteiger partial charge on any atom is 0.356 e. The molecule has 0 bridgehead atoms. The lowest BCUT2D eigenvalue weighted by molar-refractivity contribution is -0.150. The number of alkyl halides is 1. The van der Waals surface area contributed by atoms with Crippen molar-refractivity contribution in [1.82, 2.24) is 20.2 Å². The number of ether oxygens (including phenoxy) is 2. The number of halogens is 1. The summed E-state index contributed by atoms with van der Waals surface area (Å²) in [6.07, 6.45) is 0.177. The third-order valence-electron chi connectivity index (χ3n) is 10.7. The lowest BCUT2D eigenvalue weighted by Crippen LogP contribution is -2.57. The summed E-state index contributed by atoms with van der Waals surface area (Å²) in [5.41, 5.74) is 5.05. The van der Waals surface area contributed by atoms with E-state index in [-0.39, 0.29) is 36.0 Å². The third kappa shape index (κ3) is 9.24. The Morgan fingerprint density at radius 2 is 1.52 bits per heavy atom. The molecule has 17 heteroatoms. The largest absolute Gasteiger partial charge is 0.497 e. The summed E-state index contributed by atoms with van der Waals surface area (Å²) in [7, 11) is 2.95. The number of benzene rings is 5. The van der Waals surface area contributed by atoms with Crippen molar-refractivity contribution >= 4 is 108 Å². The van der Waals surface area contributed by atoms with E-state index in [0.29, 0.717) is 20.1 Å². The molecule has 2 N–H and O–H groups in total. The van der Waals surface area contributed by atoms with Gasteiger partial charge in [0.25, 0.3) is 5.91 Å². The number of anilines is 1. The van der Waals surface area contributed by atoms with E-state index in [2.05, 4.69) is 80.8 Å². The highest BCUT2D eigenvalue weighted by Gasteiger charge is 2.50. The van der Waals surface area contributed by atoms with Gasteiger partial charge in [-0.15, -0.1) is 34.4 Å². The number of thiazole rings is 2. The van der Waals surface area contributed by atoms with Gasteiger partial charge in [0.05, 0.1) is 34.0 Å². The van der Waals surface area contributed by atoms with Gasteiger partial charge in [-0.25, -0.2) is 14.8 Å². The Hall–Kier alpha value is -5.73. The van der Waals surface area contributed by atoms with Gasteiger partial charge in [-0.3, -0.25) is 14.5 Å². The van der Waals surface area contributed by atoms with Gasteiger partial charge in [-0.05, 0) is 52.1 Å². The molecule has 0 aliphatic carbocycles. The fourth-order valence-corrected chi connectivity index (χ4v) is 12.6. The van der Waals surface area contributed by atoms with Crippen LogP contribution in [0.1, 0.15) is 39.9 Å². The molecule has 5 aromatic carbocycles. The van der Waals surface area contributed by atoms with Crippen LogP contribution in [0.3, 0.4) is 0 Å². The van der Waals surface area contributed by atoms with Crippen LogP contribution in [0.25, 0.3) is 10.2 Å². The zero-order chi connectivity index (χ0) is 44.9. The Labute approximate surface area is 405 Å². The second kappa shape index (κ2) is 19.8. The highest BCUT2D eigenvalue weighted by atomic mass is 127. The molecule has 65 heavy (non-hydrogen) atoms. The predicted octanol–water partition coefficient (Wildman–Crippen LogP) is 9.95. The molecule has 2 atom stereocenters. The van der Waals surface area contributed by atoms with Crippen molar-refractivity contribution in [3.8, 4) is 5.75 Å². The highest BCUT2D eigenvalue weighted by Crippen LogP contribution is 2.50. The number of oxime groups is 1. The molecule has 2 aliphatic heterocycles. The fourth-order valence-electron chi connectivity index (χ4n) is 7.60. The number of nitrogens with zero attached hydrogens (tertiary/aromatic N) is 4. The van der Waals surface area contributed by atoms with Gasteiger partial charge in [0.2, 0.25) is 5.91 Å². The Morgan fingerprint density at radius 3 is 2.12 bits per heavy atom. The van der Waals surface area contributed by atoms with Crippen molar-refractivity contribution in [2.45, 2.75) is 38.1 Å². The monoisotopic (exact) mass is 1050 g/mol. The van der Waals surface area contributed by atoms with Crippen LogP contribution in [0.4, 0.5) is 5.13 Å². The first-order valence-corrected chi connectivity index (χ1v) is 25.2. The number of amides is 2. The fraction of sp³-hybridized carbons (Fsp3) is 0.167. The molecule has 1 fully saturated rings. The number of methoxy groups -OCH3 is 1. The van der Waals surface area contributed by atoms with E-state index in [1.54, 1.807) is 36.8 Å². The summed E-state index contributed by atoms with van der Waals surface area (Å²) in [6.45, 7) is -0.0493. The minimum absolute atomic E-state index is 0.0493. The number of carbonyl (C=O) groups excluding carboxylic acids is 3. The van der Waals surface area contributed by atoms with Crippen LogP contribution in [-0.2, 0) is 40.5 Å². The number of hydrogen-bond acceptors (Lipinski definition) is 14. The van der Waals surface area contributed by atoms with Crippen LogP contribution in [0.2, 0.25) is 0 Å². The first-order chi connectivity index (χ1) is 31.8. The maximum absolute atomic E-state index is 14.6. The first kappa shape index (κ1) is 44.5. The molecular formula is C48H39IN6O6S4. The zero-order valence-corrected chi connectivity index (χ0v) is 40.2. The lowest BCUT2D eigenvalue weighted by Gasteiger charge is -2.46. The van der Waals surface area contributed by atoms with E-state index in [4.69, 9.17) is 24.3 Å². The number of nitrogens with one attached hydrogen (secondary N) is 2. The zero-order valence-electron chi connectivity index (χ0n) is 34.8. The van der Waals surface area contributed by atoms with Crippen LogP contribution in [0.15, 0.2) is 159 Å². The predicted molar refractivity (Wildman–Crippen MR) is 266 cm³/mol. The number of fused-ring (bicyclic) bond motifs is 2. The molecule has 0 saturated carbocycles. The van der Waals surface area contributed by atoms with E-state index in [9.17, 15) is 14.4 Å². The van der Waals surface area contributed by atoms with Gasteiger partial charge >= 0.3 is 5.97 Å². The number of carbonyl (C=O) groups is 3. The number of aromatic nitrogens is 2. The summed E-state index contributed by atoms with van der Waals surface area (Å²) in [4.78, 5) is 59.3. The number of thioether (sulfide) groups is 2. The molecule has 2 aromatic heterocycles. The van der Waals surface area contributed by atoms with Crippen molar-refractivity contribution in [2.24, 2.45) is 5.16 Å². The van der Waals surface area contributed by atoms with Crippen LogP contribution in [0, 0.1) is 0 Å². The SMILES string of the molecule is CON=C(C(=O)NC1S[C@H]2CC(=O)N2C(C(=O)OCc2ccc(OC)cc2)=C1Sc1nc2cc(CI)ccc2s1)c1csc(NC(c2ccccc2)(c2ccccc2)c2ccccc2)n1. The Kier molecular flexibility index (Phi) is 13.5. The van der Waals surface area contributed by atoms with Gasteiger partial charge in [0.1, 0.15) is 41.8 Å². The van der Waals surface area contributed by atoms with E-state index >= 15 is 0 Å². The Morgan fingerprint density at radius 1 is 0.877 bits per heavy atom. The standard InChI is InChI=1S/C48H39IN6O6S4/c1-59-34-21-18-29(19-22-34)27-61-45(58)41-42(65-47-51-35-24-30(26-49)20-23-37(35)63-47)44(64-39-25-38(56)55(39)41)52-43(57)40(54-60-2)36-28-62-46(50-36)53-48(31-12-6-3-7-13-31,32-14-8-4-9-15-32)33-16-10-5-11-17-33/h3-24,28,39,44H,25-27H2,1-2H3,(H,50,53)(H,52,57)/t39-,44?/m0/s1. The molecule has 2 aliphatic rings. The Balaban J connectivity index is 1.06. The topological polar surface area (TPSA) is 144 Å². The average Bonchev–Trinajstić information content (AvgIpc) is 3.99. The van der Waals surface area contributed by atoms with E-state index in [1.807, 2.05) is 66.7 Å². The van der Waals surface area contributed by atoms with Gasteiger partial charge in [-0.1, -0.05) is 149 Å². The van der Waals surface area contributed by atoms with E-state index in [1.165, 1.54) is 58.2 Å². The number of rotatable bonds is 16. The molecule has 4 heterocycles. The molecule has 9 rings (SSSR count). The number of hydrogen-bond donors (Lipinski definition) is 2. The van der Waals surface area contributed by atoms with E-state index in [0.717, 1.165) is 42.5 Å². The molecule has 0 radical (unpaired) electrons. The van der Waals surface area contributed by atoms with Crippen molar-refractivity contribution in [1.29, 1.82) is 0 Å². The summed E-state index contributed by atoms with van der Waals surface area (Å²) in [5.74, 6) is -0.852. The number of esters is 1. The van der Waals surface area contributed by atoms with Crippen LogP contribution in [-0.4, -0.2) is 63.3 Å². The number of β-lactam (4-membered cyclic amide) rings is 1. The second-order valence-corrected chi connectivity index (χ2v) is 19.9. The van der Waals surface area contributed by atoms with Crippen LogP contribution in [0.5, 0.6) is 5.75 Å². The average molecular weight is 1050 g/mol. The summed E-state index contributed by atoms with van der Waals surface area (Å²) < 4.78 is 13.6. The van der Waals surface area contributed by atoms with Crippen LogP contribution >= 0.6 is 68.8 Å². The molecule has 7 aromatic rings. The lowest BCUT2D eigenvalue weighted by atomic mass is 9.77. The van der Waals surface area contributed by atoms with Crippen molar-refractivity contribution in [2.75, 3.05) is 19.5 Å². The van der Waals surface area contributed by atoms with Gasteiger partial charge in [0, 0.05) is 9.81 Å². The van der Waals surface area contributed by atoms with Crippen LogP contribution < -0.4 is 15.4 Å². The van der Waals surface area contributed by atoms with Crippen molar-refractivity contribution < 1.29 is 28.7 Å². The smallest absolute Gasteiger partial charge is 0.356 e.